The standard InChI is InChI=1S/C14H24BrN3O/c1-6-18-11(13(15)9(2)17-18)7-10(19)8-12(16)14(3,4)5/h12H,6-8,16H2,1-5H3. The van der Waals surface area contributed by atoms with Crippen LogP contribution in [0.2, 0.25) is 0 Å². The summed E-state index contributed by atoms with van der Waals surface area (Å²) in [6.45, 7) is 10.9. The summed E-state index contributed by atoms with van der Waals surface area (Å²) in [5.74, 6) is 0.165. The number of ketones is 1. The second-order valence-corrected chi connectivity index (χ2v) is 6.85. The van der Waals surface area contributed by atoms with Crippen molar-refractivity contribution < 1.29 is 4.79 Å². The Balaban J connectivity index is 2.78. The molecule has 0 saturated heterocycles. The molecule has 0 fully saturated rings. The Hall–Kier alpha value is -0.680. The Bertz CT molecular complexity index is 460. The van der Waals surface area contributed by atoms with E-state index in [2.05, 4.69) is 41.8 Å². The Morgan fingerprint density at radius 2 is 2.05 bits per heavy atom. The van der Waals surface area contributed by atoms with Gasteiger partial charge in [0.25, 0.3) is 0 Å². The SMILES string of the molecule is CCn1nc(C)c(Br)c1CC(=O)CC(N)C(C)(C)C. The van der Waals surface area contributed by atoms with Gasteiger partial charge in [0.2, 0.25) is 0 Å². The van der Waals surface area contributed by atoms with E-state index in [1.54, 1.807) is 0 Å². The molecule has 1 heterocycles. The number of aryl methyl sites for hydroxylation is 2. The predicted octanol–water partition coefficient (Wildman–Crippen LogP) is 2.85. The van der Waals surface area contributed by atoms with Crippen LogP contribution in [0.4, 0.5) is 0 Å². The molecule has 0 aliphatic heterocycles. The summed E-state index contributed by atoms with van der Waals surface area (Å²) in [7, 11) is 0. The average Bonchev–Trinajstić information content (AvgIpc) is 2.55. The Morgan fingerprint density at radius 3 is 2.53 bits per heavy atom. The molecule has 0 radical (unpaired) electrons. The van der Waals surface area contributed by atoms with Crippen molar-refractivity contribution in [1.82, 2.24) is 9.78 Å². The van der Waals surface area contributed by atoms with Gasteiger partial charge in [0.15, 0.2) is 0 Å². The zero-order valence-electron chi connectivity index (χ0n) is 12.5. The fourth-order valence-electron chi connectivity index (χ4n) is 1.85. The largest absolute Gasteiger partial charge is 0.327 e. The Morgan fingerprint density at radius 1 is 1.47 bits per heavy atom. The van der Waals surface area contributed by atoms with E-state index in [1.807, 2.05) is 18.5 Å². The summed E-state index contributed by atoms with van der Waals surface area (Å²) in [5.41, 5.74) is 7.89. The van der Waals surface area contributed by atoms with Crippen molar-refractivity contribution in [2.75, 3.05) is 0 Å². The number of nitrogens with two attached hydrogens (primary N) is 1. The molecule has 0 amide bonds. The van der Waals surface area contributed by atoms with Crippen molar-refractivity contribution in [2.24, 2.45) is 11.1 Å². The minimum absolute atomic E-state index is 0.0478. The van der Waals surface area contributed by atoms with Gasteiger partial charge in [-0.05, 0) is 35.2 Å². The third kappa shape index (κ3) is 4.14. The van der Waals surface area contributed by atoms with Crippen LogP contribution in [0, 0.1) is 12.3 Å². The lowest BCUT2D eigenvalue weighted by molar-refractivity contribution is -0.119. The minimum atomic E-state index is -0.113. The number of aromatic nitrogens is 2. The van der Waals surface area contributed by atoms with Crippen LogP contribution in [-0.4, -0.2) is 21.6 Å². The summed E-state index contributed by atoms with van der Waals surface area (Å²) in [6, 6.07) is -0.113. The molecule has 0 aliphatic rings. The van der Waals surface area contributed by atoms with E-state index in [4.69, 9.17) is 5.73 Å². The fraction of sp³-hybridized carbons (Fsp3) is 0.714. The van der Waals surface area contributed by atoms with Gasteiger partial charge in [0.1, 0.15) is 5.78 Å². The molecule has 1 aromatic heterocycles. The molecule has 0 aromatic carbocycles. The number of carbonyl (C=O) groups excluding carboxylic acids is 1. The molecule has 1 atom stereocenters. The molecular weight excluding hydrogens is 306 g/mol. The average molecular weight is 330 g/mol. The van der Waals surface area contributed by atoms with Gasteiger partial charge in [0, 0.05) is 25.4 Å². The summed E-state index contributed by atoms with van der Waals surface area (Å²) >= 11 is 3.51. The Labute approximate surface area is 123 Å². The van der Waals surface area contributed by atoms with Gasteiger partial charge in [-0.3, -0.25) is 9.48 Å². The van der Waals surface area contributed by atoms with Crippen molar-refractivity contribution in [1.29, 1.82) is 0 Å². The Kier molecular flexibility index (Phi) is 5.33. The van der Waals surface area contributed by atoms with Gasteiger partial charge in [-0.2, -0.15) is 5.10 Å². The molecule has 1 rings (SSSR count). The highest BCUT2D eigenvalue weighted by Crippen LogP contribution is 2.24. The van der Waals surface area contributed by atoms with Gasteiger partial charge in [-0.25, -0.2) is 0 Å². The van der Waals surface area contributed by atoms with E-state index in [9.17, 15) is 4.79 Å². The van der Waals surface area contributed by atoms with Crippen LogP contribution in [0.3, 0.4) is 0 Å². The number of hydrogen-bond acceptors (Lipinski definition) is 3. The zero-order chi connectivity index (χ0) is 14.8. The number of halogens is 1. The summed E-state index contributed by atoms with van der Waals surface area (Å²) in [4.78, 5) is 12.2. The molecule has 4 nitrogen and oxygen atoms in total. The normalized spacial score (nSPS) is 13.6. The van der Waals surface area contributed by atoms with Crippen molar-refractivity contribution >= 4 is 21.7 Å². The van der Waals surface area contributed by atoms with Crippen LogP contribution in [0.1, 0.15) is 45.5 Å². The molecule has 0 saturated carbocycles. The van der Waals surface area contributed by atoms with E-state index >= 15 is 0 Å². The topological polar surface area (TPSA) is 60.9 Å². The summed E-state index contributed by atoms with van der Waals surface area (Å²) in [6.07, 6.45) is 0.795. The highest BCUT2D eigenvalue weighted by molar-refractivity contribution is 9.10. The van der Waals surface area contributed by atoms with Gasteiger partial charge in [-0.15, -0.1) is 0 Å². The molecule has 1 aromatic rings. The van der Waals surface area contributed by atoms with Gasteiger partial charge < -0.3 is 5.73 Å². The first kappa shape index (κ1) is 16.4. The monoisotopic (exact) mass is 329 g/mol. The highest BCUT2D eigenvalue weighted by atomic mass is 79.9. The highest BCUT2D eigenvalue weighted by Gasteiger charge is 2.24. The van der Waals surface area contributed by atoms with Crippen molar-refractivity contribution in [3.05, 3.63) is 15.9 Å². The zero-order valence-corrected chi connectivity index (χ0v) is 14.0. The fourth-order valence-corrected chi connectivity index (χ4v) is 2.27. The number of carbonyl (C=O) groups is 1. The lowest BCUT2D eigenvalue weighted by atomic mass is 9.84. The number of nitrogens with zero attached hydrogens (tertiary/aromatic N) is 2. The molecule has 0 aliphatic carbocycles. The van der Waals surface area contributed by atoms with E-state index in [0.29, 0.717) is 12.8 Å². The molecule has 2 N–H and O–H groups in total. The van der Waals surface area contributed by atoms with Crippen LogP contribution in [-0.2, 0) is 17.8 Å². The van der Waals surface area contributed by atoms with E-state index in [1.165, 1.54) is 0 Å². The van der Waals surface area contributed by atoms with Gasteiger partial charge in [0.05, 0.1) is 15.9 Å². The van der Waals surface area contributed by atoms with Crippen LogP contribution in [0.15, 0.2) is 4.47 Å². The first-order valence-electron chi connectivity index (χ1n) is 6.65. The molecule has 108 valence electrons. The molecule has 1 unspecified atom stereocenters. The van der Waals surface area contributed by atoms with Gasteiger partial charge >= 0.3 is 0 Å². The maximum absolute atomic E-state index is 12.2. The maximum atomic E-state index is 12.2. The second kappa shape index (κ2) is 6.18. The summed E-state index contributed by atoms with van der Waals surface area (Å²) in [5, 5.41) is 4.40. The predicted molar refractivity (Wildman–Crippen MR) is 81.1 cm³/mol. The van der Waals surface area contributed by atoms with E-state index in [0.717, 1.165) is 22.4 Å². The lowest BCUT2D eigenvalue weighted by Gasteiger charge is -2.26. The van der Waals surface area contributed by atoms with Gasteiger partial charge in [-0.1, -0.05) is 20.8 Å². The smallest absolute Gasteiger partial charge is 0.140 e. The van der Waals surface area contributed by atoms with Crippen LogP contribution in [0.25, 0.3) is 0 Å². The van der Waals surface area contributed by atoms with Crippen LogP contribution >= 0.6 is 15.9 Å². The first-order valence-corrected chi connectivity index (χ1v) is 7.45. The quantitative estimate of drug-likeness (QED) is 0.903. The maximum Gasteiger partial charge on any atom is 0.140 e. The molecule has 0 spiro atoms. The number of rotatable bonds is 5. The van der Waals surface area contributed by atoms with Crippen LogP contribution < -0.4 is 5.73 Å². The first-order chi connectivity index (χ1) is 8.66. The third-order valence-corrected chi connectivity index (χ3v) is 4.41. The number of Topliss-reactive ketones (excluding diaryl/α,β-unsaturated/α-hetero) is 1. The molecule has 19 heavy (non-hydrogen) atoms. The van der Waals surface area contributed by atoms with Crippen molar-refractivity contribution in [3.63, 3.8) is 0 Å². The lowest BCUT2D eigenvalue weighted by Crippen LogP contribution is -2.37. The number of hydrogen-bond donors (Lipinski definition) is 1. The molecule has 0 bridgehead atoms. The van der Waals surface area contributed by atoms with Crippen molar-refractivity contribution in [3.8, 4) is 0 Å². The third-order valence-electron chi connectivity index (χ3n) is 3.38. The van der Waals surface area contributed by atoms with Crippen molar-refractivity contribution in [2.45, 2.75) is 60.0 Å². The molecular formula is C14H24BrN3O. The van der Waals surface area contributed by atoms with E-state index in [-0.39, 0.29) is 17.2 Å². The van der Waals surface area contributed by atoms with E-state index < -0.39 is 0 Å². The minimum Gasteiger partial charge on any atom is -0.327 e. The van der Waals surface area contributed by atoms with Crippen LogP contribution in [0.5, 0.6) is 0 Å². The summed E-state index contributed by atoms with van der Waals surface area (Å²) < 4.78 is 2.81. The molecule has 5 heteroatoms. The second-order valence-electron chi connectivity index (χ2n) is 6.05.